The van der Waals surface area contributed by atoms with Gasteiger partial charge >= 0.3 is 0 Å². The summed E-state index contributed by atoms with van der Waals surface area (Å²) in [6.45, 7) is 5.31. The highest BCUT2D eigenvalue weighted by atomic mass is 19.1. The summed E-state index contributed by atoms with van der Waals surface area (Å²) in [4.78, 5) is 27.0. The highest BCUT2D eigenvalue weighted by Gasteiger charge is 2.24. The van der Waals surface area contributed by atoms with Crippen LogP contribution in [0.4, 0.5) is 10.2 Å². The number of hydrogen-bond donors (Lipinski definition) is 2. The quantitative estimate of drug-likeness (QED) is 0.616. The molecule has 1 aromatic carbocycles. The zero-order valence-corrected chi connectivity index (χ0v) is 18.1. The molecule has 1 fully saturated rings. The monoisotopic (exact) mass is 439 g/mol. The molecule has 32 heavy (non-hydrogen) atoms. The third-order valence-electron chi connectivity index (χ3n) is 5.53. The minimum Gasteiger partial charge on any atom is -0.459 e. The van der Waals surface area contributed by atoms with Crippen LogP contribution in [-0.4, -0.2) is 52.2 Å². The van der Waals surface area contributed by atoms with Gasteiger partial charge in [-0.25, -0.2) is 9.07 Å². The third kappa shape index (κ3) is 5.05. The van der Waals surface area contributed by atoms with E-state index < -0.39 is 0 Å². The molecule has 0 atom stereocenters. The van der Waals surface area contributed by atoms with Crippen LogP contribution in [0.15, 0.2) is 47.1 Å². The van der Waals surface area contributed by atoms with Crippen LogP contribution >= 0.6 is 0 Å². The molecule has 0 saturated carbocycles. The first-order valence-corrected chi connectivity index (χ1v) is 10.6. The summed E-state index contributed by atoms with van der Waals surface area (Å²) in [6.07, 6.45) is 3.02. The van der Waals surface area contributed by atoms with Gasteiger partial charge in [-0.2, -0.15) is 5.10 Å². The molecule has 0 unspecified atom stereocenters. The number of aryl methyl sites for hydroxylation is 2. The van der Waals surface area contributed by atoms with Crippen molar-refractivity contribution in [2.75, 3.05) is 25.0 Å². The number of carbonyl (C=O) groups is 2. The first-order chi connectivity index (χ1) is 15.4. The van der Waals surface area contributed by atoms with Crippen molar-refractivity contribution >= 4 is 17.6 Å². The van der Waals surface area contributed by atoms with Crippen LogP contribution in [0.2, 0.25) is 0 Å². The zero-order chi connectivity index (χ0) is 22.7. The van der Waals surface area contributed by atoms with E-state index in [9.17, 15) is 14.0 Å². The Labute approximate surface area is 185 Å². The number of piperidine rings is 1. The number of furan rings is 1. The summed E-state index contributed by atoms with van der Waals surface area (Å²) in [6, 6.07) is 9.52. The molecule has 2 N–H and O–H groups in total. The van der Waals surface area contributed by atoms with E-state index >= 15 is 0 Å². The van der Waals surface area contributed by atoms with E-state index in [0.717, 1.165) is 24.1 Å². The molecule has 9 heteroatoms. The molecule has 3 aromatic rings. The summed E-state index contributed by atoms with van der Waals surface area (Å²) >= 11 is 0. The summed E-state index contributed by atoms with van der Waals surface area (Å²) in [5.41, 5.74) is 2.22. The van der Waals surface area contributed by atoms with Crippen LogP contribution in [-0.2, 0) is 4.79 Å². The van der Waals surface area contributed by atoms with E-state index in [0.29, 0.717) is 30.4 Å². The molecule has 0 bridgehead atoms. The van der Waals surface area contributed by atoms with Crippen molar-refractivity contribution in [2.24, 2.45) is 0 Å². The average molecular weight is 439 g/mol. The molecule has 1 saturated heterocycles. The van der Waals surface area contributed by atoms with Gasteiger partial charge < -0.3 is 15.1 Å². The second-order valence-corrected chi connectivity index (χ2v) is 8.06. The van der Waals surface area contributed by atoms with Gasteiger partial charge in [0.1, 0.15) is 11.6 Å². The fraction of sp³-hybridized carbons (Fsp3) is 0.348. The Balaban J connectivity index is 1.29. The fourth-order valence-electron chi connectivity index (χ4n) is 3.84. The molecule has 0 radical (unpaired) electrons. The normalized spacial score (nSPS) is 15.0. The number of nitrogens with one attached hydrogen (secondary N) is 2. The number of amides is 2. The molecule has 0 aliphatic carbocycles. The number of likely N-dealkylation sites (tertiary alicyclic amines) is 1. The van der Waals surface area contributed by atoms with Crippen molar-refractivity contribution < 1.29 is 18.4 Å². The van der Waals surface area contributed by atoms with E-state index in [2.05, 4.69) is 20.6 Å². The van der Waals surface area contributed by atoms with Gasteiger partial charge in [-0.3, -0.25) is 14.5 Å². The van der Waals surface area contributed by atoms with Crippen molar-refractivity contribution in [3.63, 3.8) is 0 Å². The maximum absolute atomic E-state index is 13.2. The number of nitrogens with zero attached hydrogens (tertiary/aromatic N) is 3. The lowest BCUT2D eigenvalue weighted by molar-refractivity contribution is -0.117. The summed E-state index contributed by atoms with van der Waals surface area (Å²) in [7, 11) is 0. The van der Waals surface area contributed by atoms with E-state index in [-0.39, 0.29) is 30.2 Å². The molecule has 4 rings (SSSR count). The van der Waals surface area contributed by atoms with Crippen LogP contribution < -0.4 is 10.6 Å². The lowest BCUT2D eigenvalue weighted by atomic mass is 10.0. The Morgan fingerprint density at radius 2 is 1.88 bits per heavy atom. The topological polar surface area (TPSA) is 92.4 Å². The van der Waals surface area contributed by atoms with Gasteiger partial charge in [0.05, 0.1) is 24.2 Å². The molecule has 3 heterocycles. The van der Waals surface area contributed by atoms with E-state index in [1.165, 1.54) is 18.4 Å². The third-order valence-corrected chi connectivity index (χ3v) is 5.53. The smallest absolute Gasteiger partial charge is 0.287 e. The van der Waals surface area contributed by atoms with Gasteiger partial charge in [-0.05, 0) is 57.0 Å². The Kier molecular flexibility index (Phi) is 6.36. The Bertz CT molecular complexity index is 1100. The summed E-state index contributed by atoms with van der Waals surface area (Å²) in [5, 5.41) is 10.3. The van der Waals surface area contributed by atoms with Gasteiger partial charge in [0.15, 0.2) is 5.76 Å². The van der Waals surface area contributed by atoms with Gasteiger partial charge in [0, 0.05) is 30.8 Å². The molecule has 168 valence electrons. The maximum atomic E-state index is 13.2. The summed E-state index contributed by atoms with van der Waals surface area (Å²) < 4.78 is 20.1. The zero-order valence-electron chi connectivity index (χ0n) is 18.1. The summed E-state index contributed by atoms with van der Waals surface area (Å²) in [5.74, 6) is 0.201. The van der Waals surface area contributed by atoms with Crippen molar-refractivity contribution in [1.29, 1.82) is 0 Å². The van der Waals surface area contributed by atoms with Crippen molar-refractivity contribution in [1.82, 2.24) is 20.0 Å². The first kappa shape index (κ1) is 21.8. The number of hydrogen-bond acceptors (Lipinski definition) is 5. The van der Waals surface area contributed by atoms with Gasteiger partial charge in [0.2, 0.25) is 5.91 Å². The predicted octanol–water partition coefficient (Wildman–Crippen LogP) is 3.05. The molecule has 1 aliphatic heterocycles. The largest absolute Gasteiger partial charge is 0.459 e. The second kappa shape index (κ2) is 9.35. The van der Waals surface area contributed by atoms with Gasteiger partial charge in [-0.15, -0.1) is 0 Å². The highest BCUT2D eigenvalue weighted by molar-refractivity contribution is 5.93. The van der Waals surface area contributed by atoms with Crippen LogP contribution in [0.3, 0.4) is 0 Å². The van der Waals surface area contributed by atoms with Crippen LogP contribution in [0.5, 0.6) is 0 Å². The Morgan fingerprint density at radius 1 is 1.16 bits per heavy atom. The van der Waals surface area contributed by atoms with E-state index in [4.69, 9.17) is 4.42 Å². The molecule has 2 amide bonds. The highest BCUT2D eigenvalue weighted by Crippen LogP contribution is 2.18. The number of benzene rings is 1. The standard InChI is InChI=1S/C23H26FN5O3/c1-15-9-12-32-22(15)23(31)25-18-7-10-28(11-8-18)14-21(30)26-20-13-16(2)27-29(20)19-5-3-17(24)4-6-19/h3-6,9,12-13,18H,7-8,10-11,14H2,1-2H3,(H,25,31)(H,26,30). The number of aromatic nitrogens is 2. The van der Waals surface area contributed by atoms with Crippen molar-refractivity contribution in [3.8, 4) is 5.69 Å². The Hall–Kier alpha value is -3.46. The minimum atomic E-state index is -0.331. The van der Waals surface area contributed by atoms with Crippen molar-refractivity contribution in [2.45, 2.75) is 32.7 Å². The molecule has 0 spiro atoms. The van der Waals surface area contributed by atoms with E-state index in [1.54, 1.807) is 28.9 Å². The molecule has 2 aromatic heterocycles. The number of halogens is 1. The molecular weight excluding hydrogens is 413 g/mol. The fourth-order valence-corrected chi connectivity index (χ4v) is 3.84. The SMILES string of the molecule is Cc1cc(NC(=O)CN2CCC(NC(=O)c3occc3C)CC2)n(-c2ccc(F)cc2)n1. The number of carbonyl (C=O) groups excluding carboxylic acids is 2. The van der Waals surface area contributed by atoms with Crippen LogP contribution in [0.25, 0.3) is 5.69 Å². The lowest BCUT2D eigenvalue weighted by Gasteiger charge is -2.31. The number of rotatable bonds is 6. The predicted molar refractivity (Wildman–Crippen MR) is 117 cm³/mol. The maximum Gasteiger partial charge on any atom is 0.287 e. The first-order valence-electron chi connectivity index (χ1n) is 10.6. The number of anilines is 1. The van der Waals surface area contributed by atoms with Crippen LogP contribution in [0.1, 0.15) is 34.7 Å². The molecule has 1 aliphatic rings. The molecular formula is C23H26FN5O3. The van der Waals surface area contributed by atoms with Crippen LogP contribution in [0, 0.1) is 19.7 Å². The van der Waals surface area contributed by atoms with Crippen molar-refractivity contribution in [3.05, 3.63) is 65.5 Å². The Morgan fingerprint density at radius 3 is 2.53 bits per heavy atom. The molecule has 8 nitrogen and oxygen atoms in total. The lowest BCUT2D eigenvalue weighted by Crippen LogP contribution is -2.46. The minimum absolute atomic E-state index is 0.0499. The van der Waals surface area contributed by atoms with Gasteiger partial charge in [-0.1, -0.05) is 0 Å². The second-order valence-electron chi connectivity index (χ2n) is 8.06. The average Bonchev–Trinajstić information content (AvgIpc) is 3.35. The van der Waals surface area contributed by atoms with Gasteiger partial charge in [0.25, 0.3) is 5.91 Å². The van der Waals surface area contributed by atoms with E-state index in [1.807, 2.05) is 13.8 Å².